The van der Waals surface area contributed by atoms with Crippen LogP contribution < -0.4 is 4.90 Å². The predicted molar refractivity (Wildman–Crippen MR) is 97.5 cm³/mol. The molecule has 134 valence electrons. The van der Waals surface area contributed by atoms with Crippen molar-refractivity contribution in [2.45, 2.75) is 70.7 Å². The van der Waals surface area contributed by atoms with Crippen molar-refractivity contribution in [1.82, 2.24) is 0 Å². The molecule has 0 radical (unpaired) electrons. The van der Waals surface area contributed by atoms with Crippen molar-refractivity contribution >= 4 is 0 Å². The van der Waals surface area contributed by atoms with Crippen LogP contribution in [0.3, 0.4) is 0 Å². The summed E-state index contributed by atoms with van der Waals surface area (Å²) in [4.78, 5) is 1.70. The van der Waals surface area contributed by atoms with E-state index in [1.807, 2.05) is 0 Å². The Morgan fingerprint density at radius 3 is 2.42 bits per heavy atom. The van der Waals surface area contributed by atoms with E-state index in [1.165, 1.54) is 43.5 Å². The van der Waals surface area contributed by atoms with E-state index in [1.54, 1.807) is 4.90 Å². The Morgan fingerprint density at radius 2 is 1.75 bits per heavy atom. The van der Waals surface area contributed by atoms with E-state index in [9.17, 15) is 0 Å². The first-order valence-electron chi connectivity index (χ1n) is 9.71. The molecular formula is C21H34NO2+. The summed E-state index contributed by atoms with van der Waals surface area (Å²) in [6.07, 6.45) is 6.42. The fraction of sp³-hybridized carbons (Fsp3) is 0.714. The molecule has 2 aliphatic heterocycles. The lowest BCUT2D eigenvalue weighted by atomic mass is 9.86. The van der Waals surface area contributed by atoms with Crippen molar-refractivity contribution in [3.8, 4) is 0 Å². The van der Waals surface area contributed by atoms with E-state index in [0.717, 1.165) is 26.0 Å². The molecule has 1 aromatic carbocycles. The molecule has 2 saturated heterocycles. The molecule has 2 fully saturated rings. The fourth-order valence-corrected chi connectivity index (χ4v) is 3.80. The van der Waals surface area contributed by atoms with Crippen molar-refractivity contribution in [2.75, 3.05) is 26.2 Å². The van der Waals surface area contributed by atoms with Gasteiger partial charge in [-0.2, -0.15) is 0 Å². The van der Waals surface area contributed by atoms with Gasteiger partial charge in [0, 0.05) is 6.42 Å². The van der Waals surface area contributed by atoms with E-state index in [-0.39, 0.29) is 11.7 Å². The van der Waals surface area contributed by atoms with Gasteiger partial charge in [0.1, 0.15) is 12.6 Å². The topological polar surface area (TPSA) is 22.9 Å². The van der Waals surface area contributed by atoms with Gasteiger partial charge in [-0.05, 0) is 42.2 Å². The quantitative estimate of drug-likeness (QED) is 0.896. The van der Waals surface area contributed by atoms with Crippen LogP contribution in [0.25, 0.3) is 0 Å². The van der Waals surface area contributed by atoms with E-state index in [2.05, 4.69) is 45.0 Å². The Morgan fingerprint density at radius 1 is 1.04 bits per heavy atom. The minimum Gasteiger partial charge on any atom is -0.350 e. The molecule has 2 aliphatic rings. The number of hydrogen-bond acceptors (Lipinski definition) is 2. The SMILES string of the molecule is CC(C)(C)c1ccc(CC[C@H]2OC[C@H](C[NH+]3CCCCC3)O2)cc1. The molecule has 3 nitrogen and oxygen atoms in total. The lowest BCUT2D eigenvalue weighted by molar-refractivity contribution is -0.907. The normalized spacial score (nSPS) is 26.0. The molecule has 3 heteroatoms. The smallest absolute Gasteiger partial charge is 0.158 e. The Labute approximate surface area is 147 Å². The molecule has 0 spiro atoms. The third-order valence-corrected chi connectivity index (χ3v) is 5.38. The van der Waals surface area contributed by atoms with Crippen LogP contribution >= 0.6 is 0 Å². The van der Waals surface area contributed by atoms with Crippen LogP contribution in [0.15, 0.2) is 24.3 Å². The summed E-state index contributed by atoms with van der Waals surface area (Å²) in [6, 6.07) is 9.03. The van der Waals surface area contributed by atoms with E-state index >= 15 is 0 Å². The van der Waals surface area contributed by atoms with Crippen molar-refractivity contribution < 1.29 is 14.4 Å². The van der Waals surface area contributed by atoms with Gasteiger partial charge in [0.05, 0.1) is 19.7 Å². The number of quaternary nitrogens is 1. The highest BCUT2D eigenvalue weighted by Gasteiger charge is 2.29. The van der Waals surface area contributed by atoms with Crippen molar-refractivity contribution in [3.63, 3.8) is 0 Å². The van der Waals surface area contributed by atoms with Crippen molar-refractivity contribution in [3.05, 3.63) is 35.4 Å². The molecular weight excluding hydrogens is 298 g/mol. The maximum Gasteiger partial charge on any atom is 0.158 e. The van der Waals surface area contributed by atoms with Gasteiger partial charge in [0.15, 0.2) is 6.29 Å². The molecule has 2 heterocycles. The summed E-state index contributed by atoms with van der Waals surface area (Å²) in [5.74, 6) is 0. The van der Waals surface area contributed by atoms with Crippen LogP contribution in [0.2, 0.25) is 0 Å². The van der Waals surface area contributed by atoms with Gasteiger partial charge in [0.25, 0.3) is 0 Å². The second-order valence-electron chi connectivity index (χ2n) is 8.52. The first-order valence-corrected chi connectivity index (χ1v) is 9.71. The fourth-order valence-electron chi connectivity index (χ4n) is 3.80. The van der Waals surface area contributed by atoms with Crippen molar-refractivity contribution in [2.24, 2.45) is 0 Å². The Hall–Kier alpha value is -0.900. The molecule has 0 saturated carbocycles. The predicted octanol–water partition coefficient (Wildman–Crippen LogP) is 2.73. The van der Waals surface area contributed by atoms with Crippen LogP contribution in [0.1, 0.15) is 57.6 Å². The number of nitrogens with one attached hydrogen (secondary N) is 1. The van der Waals surface area contributed by atoms with E-state index < -0.39 is 0 Å². The largest absolute Gasteiger partial charge is 0.350 e. The molecule has 1 N–H and O–H groups in total. The molecule has 0 bridgehead atoms. The highest BCUT2D eigenvalue weighted by Crippen LogP contribution is 2.23. The van der Waals surface area contributed by atoms with Gasteiger partial charge in [-0.1, -0.05) is 45.0 Å². The zero-order valence-electron chi connectivity index (χ0n) is 15.6. The third kappa shape index (κ3) is 5.05. The van der Waals surface area contributed by atoms with Crippen LogP contribution in [0, 0.1) is 0 Å². The monoisotopic (exact) mass is 332 g/mol. The summed E-state index contributed by atoms with van der Waals surface area (Å²) in [5.41, 5.74) is 2.99. The molecule has 0 unspecified atom stereocenters. The second-order valence-corrected chi connectivity index (χ2v) is 8.52. The highest BCUT2D eigenvalue weighted by molar-refractivity contribution is 5.27. The summed E-state index contributed by atoms with van der Waals surface area (Å²) in [7, 11) is 0. The zero-order valence-corrected chi connectivity index (χ0v) is 15.6. The minimum atomic E-state index is -0.0125. The number of ether oxygens (including phenoxy) is 2. The summed E-state index contributed by atoms with van der Waals surface area (Å²) >= 11 is 0. The molecule has 0 aliphatic carbocycles. The Bertz CT molecular complexity index is 500. The number of hydrogen-bond donors (Lipinski definition) is 1. The maximum atomic E-state index is 6.12. The minimum absolute atomic E-state index is 0.0125. The zero-order chi connectivity index (χ0) is 17.0. The van der Waals surface area contributed by atoms with E-state index in [4.69, 9.17) is 9.47 Å². The molecule has 1 aromatic rings. The van der Waals surface area contributed by atoms with Crippen molar-refractivity contribution in [1.29, 1.82) is 0 Å². The average Bonchev–Trinajstić information content (AvgIpc) is 3.01. The standard InChI is InChI=1S/C21H33NO2/c1-21(2,3)18-10-7-17(8-11-18)9-12-20-23-16-19(24-20)15-22-13-5-4-6-14-22/h7-8,10-11,19-20H,4-6,9,12-16H2,1-3H3/p+1/t19-,20-/m0/s1. The van der Waals surface area contributed by atoms with E-state index in [0.29, 0.717) is 6.10 Å². The third-order valence-electron chi connectivity index (χ3n) is 5.38. The van der Waals surface area contributed by atoms with Gasteiger partial charge >= 0.3 is 0 Å². The lowest BCUT2D eigenvalue weighted by Gasteiger charge is -2.25. The lowest BCUT2D eigenvalue weighted by Crippen LogP contribution is -3.13. The summed E-state index contributed by atoms with van der Waals surface area (Å²) in [6.45, 7) is 11.3. The molecule has 3 rings (SSSR count). The Kier molecular flexibility index (Phi) is 5.96. The van der Waals surface area contributed by atoms with Crippen LogP contribution in [-0.4, -0.2) is 38.6 Å². The van der Waals surface area contributed by atoms with Gasteiger partial charge in [0.2, 0.25) is 0 Å². The number of piperidine rings is 1. The number of likely N-dealkylation sites (tertiary alicyclic amines) is 1. The second kappa shape index (κ2) is 7.99. The van der Waals surface area contributed by atoms with Gasteiger partial charge < -0.3 is 14.4 Å². The number of benzene rings is 1. The summed E-state index contributed by atoms with van der Waals surface area (Å²) < 4.78 is 12.0. The molecule has 0 amide bonds. The van der Waals surface area contributed by atoms with Gasteiger partial charge in [-0.25, -0.2) is 0 Å². The average molecular weight is 333 g/mol. The van der Waals surface area contributed by atoms with Crippen LogP contribution in [0.4, 0.5) is 0 Å². The molecule has 0 aromatic heterocycles. The maximum absolute atomic E-state index is 6.12. The molecule has 2 atom stereocenters. The van der Waals surface area contributed by atoms with Crippen LogP contribution in [0.5, 0.6) is 0 Å². The first kappa shape index (κ1) is 17.9. The van der Waals surface area contributed by atoms with Gasteiger partial charge in [-0.15, -0.1) is 0 Å². The number of rotatable bonds is 5. The Balaban J connectivity index is 1.41. The highest BCUT2D eigenvalue weighted by atomic mass is 16.7. The summed E-state index contributed by atoms with van der Waals surface area (Å²) in [5, 5.41) is 0. The first-order chi connectivity index (χ1) is 11.5. The van der Waals surface area contributed by atoms with Gasteiger partial charge in [-0.3, -0.25) is 0 Å². The number of aryl methyl sites for hydroxylation is 1. The van der Waals surface area contributed by atoms with Crippen LogP contribution in [-0.2, 0) is 21.3 Å². The molecule has 24 heavy (non-hydrogen) atoms.